The van der Waals surface area contributed by atoms with E-state index >= 15 is 0 Å². The van der Waals surface area contributed by atoms with Crippen molar-refractivity contribution in [3.8, 4) is 0 Å². The normalized spacial score (nSPS) is 20.1. The average Bonchev–Trinajstić information content (AvgIpc) is 2.74. The minimum Gasteiger partial charge on any atom is -0.328 e. The fourth-order valence-electron chi connectivity index (χ4n) is 1.67. The molecule has 1 unspecified atom stereocenters. The van der Waals surface area contributed by atoms with Gasteiger partial charge in [-0.05, 0) is 18.1 Å². The predicted molar refractivity (Wildman–Crippen MR) is 59.7 cm³/mol. The van der Waals surface area contributed by atoms with Crippen LogP contribution >= 0.6 is 24.8 Å². The molecule has 1 saturated heterocycles. The standard InChI is InChI=1S/C7H13N5.2ClH/c8-6-7-2-1-4-11(7)12-5-3-9-10-12;;/h3,5,7H,1-2,4,6,8H2;2*1H. The number of nitrogens with zero attached hydrogens (tertiary/aromatic N) is 4. The minimum absolute atomic E-state index is 0. The van der Waals surface area contributed by atoms with Crippen LogP contribution in [0.3, 0.4) is 0 Å². The summed E-state index contributed by atoms with van der Waals surface area (Å²) in [6, 6.07) is 0.437. The van der Waals surface area contributed by atoms with E-state index in [0.717, 1.165) is 13.0 Å². The Morgan fingerprint density at radius 1 is 1.43 bits per heavy atom. The summed E-state index contributed by atoms with van der Waals surface area (Å²) in [5.74, 6) is 0. The zero-order valence-electron chi connectivity index (χ0n) is 7.74. The van der Waals surface area contributed by atoms with Crippen molar-refractivity contribution in [3.05, 3.63) is 12.4 Å². The molecule has 2 N–H and O–H groups in total. The molecule has 0 amide bonds. The van der Waals surface area contributed by atoms with E-state index < -0.39 is 0 Å². The van der Waals surface area contributed by atoms with Crippen molar-refractivity contribution < 1.29 is 0 Å². The van der Waals surface area contributed by atoms with Crippen LogP contribution in [0, 0.1) is 0 Å². The highest BCUT2D eigenvalue weighted by atomic mass is 35.5. The third kappa shape index (κ3) is 2.50. The molecule has 2 heterocycles. The lowest BCUT2D eigenvalue weighted by molar-refractivity contribution is 0.490. The minimum atomic E-state index is 0. The Hall–Kier alpha value is -0.520. The van der Waals surface area contributed by atoms with Crippen molar-refractivity contribution in [1.82, 2.24) is 15.1 Å². The summed E-state index contributed by atoms with van der Waals surface area (Å²) >= 11 is 0. The van der Waals surface area contributed by atoms with Crippen molar-refractivity contribution in [2.24, 2.45) is 5.73 Å². The molecule has 0 bridgehead atoms. The lowest BCUT2D eigenvalue weighted by Crippen LogP contribution is -2.43. The number of halogens is 2. The molecule has 1 atom stereocenters. The maximum Gasteiger partial charge on any atom is 0.0715 e. The Morgan fingerprint density at radius 3 is 2.79 bits per heavy atom. The zero-order valence-corrected chi connectivity index (χ0v) is 9.38. The molecule has 7 heteroatoms. The quantitative estimate of drug-likeness (QED) is 0.801. The number of rotatable bonds is 2. The summed E-state index contributed by atoms with van der Waals surface area (Å²) in [6.45, 7) is 1.73. The first-order valence-electron chi connectivity index (χ1n) is 4.25. The third-order valence-electron chi connectivity index (χ3n) is 2.29. The van der Waals surface area contributed by atoms with Crippen molar-refractivity contribution in [2.45, 2.75) is 18.9 Å². The Balaban J connectivity index is 0.000000845. The fourth-order valence-corrected chi connectivity index (χ4v) is 1.67. The van der Waals surface area contributed by atoms with E-state index in [-0.39, 0.29) is 24.8 Å². The summed E-state index contributed by atoms with van der Waals surface area (Å²) in [7, 11) is 0. The first-order chi connectivity index (χ1) is 5.92. The lowest BCUT2D eigenvalue weighted by atomic mass is 10.2. The maximum atomic E-state index is 5.63. The van der Waals surface area contributed by atoms with Crippen LogP contribution in [0.4, 0.5) is 0 Å². The second-order valence-electron chi connectivity index (χ2n) is 3.02. The van der Waals surface area contributed by atoms with E-state index in [2.05, 4.69) is 15.3 Å². The molecule has 0 aromatic carbocycles. The highest BCUT2D eigenvalue weighted by Gasteiger charge is 2.23. The van der Waals surface area contributed by atoms with Gasteiger partial charge in [0.1, 0.15) is 0 Å². The van der Waals surface area contributed by atoms with Crippen LogP contribution in [0.5, 0.6) is 0 Å². The van der Waals surface area contributed by atoms with Crippen molar-refractivity contribution in [3.63, 3.8) is 0 Å². The van der Waals surface area contributed by atoms with Crippen molar-refractivity contribution >= 4 is 24.8 Å². The number of nitrogens with two attached hydrogens (primary N) is 1. The van der Waals surface area contributed by atoms with Crippen LogP contribution in [0.1, 0.15) is 12.8 Å². The van der Waals surface area contributed by atoms with Gasteiger partial charge >= 0.3 is 0 Å². The smallest absolute Gasteiger partial charge is 0.0715 e. The fraction of sp³-hybridized carbons (Fsp3) is 0.714. The van der Waals surface area contributed by atoms with Crippen LogP contribution in [-0.4, -0.2) is 34.2 Å². The highest BCUT2D eigenvalue weighted by molar-refractivity contribution is 5.85. The van der Waals surface area contributed by atoms with Crippen LogP contribution in [-0.2, 0) is 0 Å². The average molecular weight is 240 g/mol. The monoisotopic (exact) mass is 239 g/mol. The number of aromatic nitrogens is 3. The van der Waals surface area contributed by atoms with Crippen LogP contribution < -0.4 is 10.7 Å². The summed E-state index contributed by atoms with van der Waals surface area (Å²) in [4.78, 5) is 1.78. The van der Waals surface area contributed by atoms with Gasteiger partial charge in [-0.1, -0.05) is 0 Å². The Morgan fingerprint density at radius 2 is 2.21 bits per heavy atom. The highest BCUT2D eigenvalue weighted by Crippen LogP contribution is 2.13. The zero-order chi connectivity index (χ0) is 8.39. The first kappa shape index (κ1) is 13.5. The summed E-state index contributed by atoms with van der Waals surface area (Å²) in [6.07, 6.45) is 5.90. The topological polar surface area (TPSA) is 60.0 Å². The summed E-state index contributed by atoms with van der Waals surface area (Å²) < 4.78 is 0. The van der Waals surface area contributed by atoms with E-state index in [0.29, 0.717) is 12.6 Å². The molecule has 1 aromatic rings. The Kier molecular flexibility index (Phi) is 5.83. The Labute approximate surface area is 95.4 Å². The van der Waals surface area contributed by atoms with E-state index in [1.165, 1.54) is 6.42 Å². The van der Waals surface area contributed by atoms with Crippen molar-refractivity contribution in [2.75, 3.05) is 18.1 Å². The summed E-state index contributed by atoms with van der Waals surface area (Å²) in [5, 5.41) is 9.86. The van der Waals surface area contributed by atoms with E-state index in [1.807, 2.05) is 6.20 Å². The van der Waals surface area contributed by atoms with Gasteiger partial charge in [-0.15, -0.1) is 29.9 Å². The van der Waals surface area contributed by atoms with Crippen LogP contribution in [0.2, 0.25) is 0 Å². The summed E-state index contributed by atoms with van der Waals surface area (Å²) in [5.41, 5.74) is 5.63. The molecule has 0 aliphatic carbocycles. The van der Waals surface area contributed by atoms with E-state index in [9.17, 15) is 0 Å². The molecule has 5 nitrogen and oxygen atoms in total. The second-order valence-corrected chi connectivity index (χ2v) is 3.02. The Bertz CT molecular complexity index is 240. The maximum absolute atomic E-state index is 5.63. The SMILES string of the molecule is Cl.Cl.NCC1CCCN1n1ccnn1. The largest absolute Gasteiger partial charge is 0.328 e. The second kappa shape index (κ2) is 6.06. The first-order valence-corrected chi connectivity index (χ1v) is 4.25. The van der Waals surface area contributed by atoms with E-state index in [4.69, 9.17) is 5.73 Å². The molecule has 0 saturated carbocycles. The van der Waals surface area contributed by atoms with Gasteiger partial charge in [-0.2, -0.15) is 4.79 Å². The van der Waals surface area contributed by atoms with Gasteiger partial charge in [0.15, 0.2) is 0 Å². The van der Waals surface area contributed by atoms with Gasteiger partial charge in [0, 0.05) is 13.1 Å². The molecule has 14 heavy (non-hydrogen) atoms. The van der Waals surface area contributed by atoms with E-state index in [1.54, 1.807) is 11.0 Å². The predicted octanol–water partition coefficient (Wildman–Crippen LogP) is 0.181. The van der Waals surface area contributed by atoms with Gasteiger partial charge in [0.05, 0.1) is 18.4 Å². The molecule has 82 valence electrons. The van der Waals surface area contributed by atoms with Gasteiger partial charge in [0.2, 0.25) is 0 Å². The molecular formula is C7H15Cl2N5. The van der Waals surface area contributed by atoms with Crippen LogP contribution in [0.25, 0.3) is 0 Å². The van der Waals surface area contributed by atoms with Gasteiger partial charge in [-0.3, -0.25) is 5.01 Å². The molecule has 0 radical (unpaired) electrons. The van der Waals surface area contributed by atoms with Gasteiger partial charge < -0.3 is 5.73 Å². The number of hydrogen-bond acceptors (Lipinski definition) is 4. The molecular weight excluding hydrogens is 225 g/mol. The van der Waals surface area contributed by atoms with Gasteiger partial charge in [-0.25, -0.2) is 0 Å². The molecule has 1 aliphatic heterocycles. The molecule has 1 fully saturated rings. The third-order valence-corrected chi connectivity index (χ3v) is 2.29. The van der Waals surface area contributed by atoms with Crippen molar-refractivity contribution in [1.29, 1.82) is 0 Å². The molecule has 1 aromatic heterocycles. The molecule has 2 rings (SSSR count). The van der Waals surface area contributed by atoms with Crippen LogP contribution in [0.15, 0.2) is 12.4 Å². The molecule has 0 spiro atoms. The molecule has 1 aliphatic rings. The number of hydrogen-bond donors (Lipinski definition) is 1. The lowest BCUT2D eigenvalue weighted by Gasteiger charge is -2.23. The van der Waals surface area contributed by atoms with Gasteiger partial charge in [0.25, 0.3) is 0 Å².